The highest BCUT2D eigenvalue weighted by Gasteiger charge is 2.10. The van der Waals surface area contributed by atoms with Gasteiger partial charge in [0.25, 0.3) is 0 Å². The third kappa shape index (κ3) is 7.25. The van der Waals surface area contributed by atoms with E-state index in [0.717, 1.165) is 5.56 Å². The predicted molar refractivity (Wildman–Crippen MR) is 132 cm³/mol. The number of aliphatic imine (C=N–C) groups is 1. The minimum Gasteiger partial charge on any atom is -0.478 e. The molecule has 0 aliphatic heterocycles. The number of nitrogens with one attached hydrogen (secondary N) is 3. The topological polar surface area (TPSA) is 112 Å². The van der Waals surface area contributed by atoms with E-state index < -0.39 is 5.97 Å². The highest BCUT2D eigenvalue weighted by molar-refractivity contribution is 6.30. The van der Waals surface area contributed by atoms with Gasteiger partial charge in [0, 0.05) is 18.1 Å². The van der Waals surface area contributed by atoms with Gasteiger partial charge in [-0.05, 0) is 73.5 Å². The summed E-state index contributed by atoms with van der Waals surface area (Å²) in [4.78, 5) is 27.9. The number of hydrogen-bond acceptors (Lipinski definition) is 4. The zero-order valence-electron chi connectivity index (χ0n) is 18.8. The van der Waals surface area contributed by atoms with Crippen molar-refractivity contribution < 1.29 is 19.4 Å². The molecule has 2 amide bonds. The summed E-state index contributed by atoms with van der Waals surface area (Å²) in [5, 5.41) is 18.4. The largest absolute Gasteiger partial charge is 0.478 e. The SMILES string of the molecule is CCNC(=O)N/C(=N\c1ccc(Oc2ccc(C)c(C(=O)O)c2)cc1)NCc1ccc(Cl)cc1. The van der Waals surface area contributed by atoms with Gasteiger partial charge in [-0.2, -0.15) is 0 Å². The number of hydrogen-bond donors (Lipinski definition) is 4. The minimum absolute atomic E-state index is 0.187. The number of ether oxygens (including phenoxy) is 1. The van der Waals surface area contributed by atoms with E-state index >= 15 is 0 Å². The maximum absolute atomic E-state index is 12.0. The number of carbonyl (C=O) groups excluding carboxylic acids is 1. The fourth-order valence-corrected chi connectivity index (χ4v) is 3.09. The van der Waals surface area contributed by atoms with E-state index in [0.29, 0.717) is 40.9 Å². The smallest absolute Gasteiger partial charge is 0.336 e. The van der Waals surface area contributed by atoms with Crippen LogP contribution in [0.3, 0.4) is 0 Å². The number of nitrogens with zero attached hydrogens (tertiary/aromatic N) is 1. The highest BCUT2D eigenvalue weighted by Crippen LogP contribution is 2.26. The number of aromatic carboxylic acids is 1. The van der Waals surface area contributed by atoms with Gasteiger partial charge in [-0.1, -0.05) is 29.8 Å². The van der Waals surface area contributed by atoms with E-state index in [4.69, 9.17) is 16.3 Å². The molecule has 9 heteroatoms. The maximum atomic E-state index is 12.0. The van der Waals surface area contributed by atoms with Crippen LogP contribution in [0.25, 0.3) is 0 Å². The van der Waals surface area contributed by atoms with E-state index in [1.165, 1.54) is 6.07 Å². The molecule has 0 bridgehead atoms. The standard InChI is InChI=1S/C25H25ClN4O4/c1-3-27-25(33)30-24(28-15-17-5-7-18(26)8-6-17)29-19-9-12-20(13-10-19)34-21-11-4-16(2)22(14-21)23(31)32/h4-14H,3,15H2,1-2H3,(H,31,32)(H3,27,28,29,30,33). The van der Waals surface area contributed by atoms with E-state index in [-0.39, 0.29) is 17.6 Å². The predicted octanol–water partition coefficient (Wildman–Crippen LogP) is 5.24. The molecule has 0 atom stereocenters. The van der Waals surface area contributed by atoms with Gasteiger partial charge in [0.05, 0.1) is 11.3 Å². The molecule has 3 aromatic carbocycles. The number of carboxylic acids is 1. The molecule has 0 radical (unpaired) electrons. The second kappa shape index (κ2) is 11.7. The fraction of sp³-hybridized carbons (Fsp3) is 0.160. The first-order chi connectivity index (χ1) is 16.3. The first-order valence-corrected chi connectivity index (χ1v) is 11.0. The summed E-state index contributed by atoms with van der Waals surface area (Å²) >= 11 is 5.93. The fourth-order valence-electron chi connectivity index (χ4n) is 2.96. The molecule has 8 nitrogen and oxygen atoms in total. The number of urea groups is 1. The Hall–Kier alpha value is -4.04. The maximum Gasteiger partial charge on any atom is 0.336 e. The van der Waals surface area contributed by atoms with Crippen LogP contribution in [0.5, 0.6) is 11.5 Å². The Morgan fingerprint density at radius 2 is 1.65 bits per heavy atom. The normalized spacial score (nSPS) is 11.0. The van der Waals surface area contributed by atoms with Crippen molar-refractivity contribution in [2.24, 2.45) is 4.99 Å². The van der Waals surface area contributed by atoms with Crippen molar-refractivity contribution in [3.63, 3.8) is 0 Å². The van der Waals surface area contributed by atoms with Crippen LogP contribution in [-0.2, 0) is 6.54 Å². The average Bonchev–Trinajstić information content (AvgIpc) is 2.81. The third-order valence-corrected chi connectivity index (χ3v) is 4.95. The molecule has 0 heterocycles. The molecule has 3 aromatic rings. The molecule has 0 aliphatic rings. The summed E-state index contributed by atoms with van der Waals surface area (Å²) in [5.41, 5.74) is 2.39. The Morgan fingerprint density at radius 1 is 0.971 bits per heavy atom. The van der Waals surface area contributed by atoms with Crippen molar-refractivity contribution in [1.29, 1.82) is 0 Å². The van der Waals surface area contributed by atoms with E-state index in [9.17, 15) is 14.7 Å². The Bertz CT molecular complexity index is 1180. The minimum atomic E-state index is -1.01. The molecular weight excluding hydrogens is 456 g/mol. The zero-order valence-corrected chi connectivity index (χ0v) is 19.5. The Morgan fingerprint density at radius 3 is 2.29 bits per heavy atom. The molecule has 176 valence electrons. The summed E-state index contributed by atoms with van der Waals surface area (Å²) in [6.45, 7) is 4.46. The van der Waals surface area contributed by atoms with Gasteiger partial charge in [-0.3, -0.25) is 5.32 Å². The lowest BCUT2D eigenvalue weighted by molar-refractivity contribution is 0.0695. The van der Waals surface area contributed by atoms with E-state index in [1.54, 1.807) is 55.5 Å². The summed E-state index contributed by atoms with van der Waals surface area (Å²) in [5.74, 6) is 0.207. The quantitative estimate of drug-likeness (QED) is 0.273. The van der Waals surface area contributed by atoms with Crippen LogP contribution < -0.4 is 20.7 Å². The van der Waals surface area contributed by atoms with Crippen molar-refractivity contribution in [3.05, 3.63) is 88.4 Å². The lowest BCUT2D eigenvalue weighted by Crippen LogP contribution is -2.45. The molecule has 0 aliphatic carbocycles. The van der Waals surface area contributed by atoms with Gasteiger partial charge < -0.3 is 20.5 Å². The number of rotatable bonds is 7. The van der Waals surface area contributed by atoms with Gasteiger partial charge in [0.15, 0.2) is 0 Å². The first-order valence-electron chi connectivity index (χ1n) is 10.6. The zero-order chi connectivity index (χ0) is 24.5. The van der Waals surface area contributed by atoms with Crippen molar-refractivity contribution in [3.8, 4) is 11.5 Å². The molecule has 0 spiro atoms. The second-order valence-electron chi connectivity index (χ2n) is 7.30. The number of carboxylic acid groups (broad SMARTS) is 1. The lowest BCUT2D eigenvalue weighted by Gasteiger charge is -2.12. The van der Waals surface area contributed by atoms with Crippen LogP contribution in [0.15, 0.2) is 71.7 Å². The first kappa shape index (κ1) is 24.6. The summed E-state index contributed by atoms with van der Waals surface area (Å²) in [6.07, 6.45) is 0. The van der Waals surface area contributed by atoms with Crippen LogP contribution in [0.4, 0.5) is 10.5 Å². The number of aryl methyl sites for hydroxylation is 1. The molecule has 0 saturated carbocycles. The van der Waals surface area contributed by atoms with Gasteiger partial charge in [0.1, 0.15) is 11.5 Å². The Labute approximate surface area is 202 Å². The highest BCUT2D eigenvalue weighted by atomic mass is 35.5. The number of amides is 2. The Balaban J connectivity index is 1.73. The molecule has 0 saturated heterocycles. The average molecular weight is 481 g/mol. The molecule has 0 aromatic heterocycles. The van der Waals surface area contributed by atoms with Gasteiger partial charge >= 0.3 is 12.0 Å². The molecular formula is C25H25ClN4O4. The van der Waals surface area contributed by atoms with E-state index in [2.05, 4.69) is 20.9 Å². The van der Waals surface area contributed by atoms with Crippen LogP contribution in [0, 0.1) is 6.92 Å². The van der Waals surface area contributed by atoms with Gasteiger partial charge in [-0.15, -0.1) is 0 Å². The van der Waals surface area contributed by atoms with E-state index in [1.807, 2.05) is 19.1 Å². The van der Waals surface area contributed by atoms with Crippen molar-refractivity contribution in [1.82, 2.24) is 16.0 Å². The second-order valence-corrected chi connectivity index (χ2v) is 7.74. The van der Waals surface area contributed by atoms with Crippen molar-refractivity contribution >= 4 is 35.2 Å². The van der Waals surface area contributed by atoms with Crippen LogP contribution in [0.2, 0.25) is 5.02 Å². The summed E-state index contributed by atoms with van der Waals surface area (Å²) in [6, 6.07) is 18.7. The van der Waals surface area contributed by atoms with Crippen LogP contribution in [-0.4, -0.2) is 29.6 Å². The molecule has 0 fully saturated rings. The number of benzene rings is 3. The lowest BCUT2D eigenvalue weighted by atomic mass is 10.1. The monoisotopic (exact) mass is 480 g/mol. The molecule has 3 rings (SSSR count). The number of halogens is 1. The third-order valence-electron chi connectivity index (χ3n) is 4.70. The molecule has 34 heavy (non-hydrogen) atoms. The van der Waals surface area contributed by atoms with Crippen LogP contribution >= 0.6 is 11.6 Å². The van der Waals surface area contributed by atoms with Gasteiger partial charge in [-0.25, -0.2) is 14.6 Å². The molecule has 0 unspecified atom stereocenters. The van der Waals surface area contributed by atoms with Gasteiger partial charge in [0.2, 0.25) is 5.96 Å². The summed E-state index contributed by atoms with van der Waals surface area (Å²) < 4.78 is 5.78. The Kier molecular flexibility index (Phi) is 8.48. The number of carbonyl (C=O) groups is 2. The van der Waals surface area contributed by atoms with Crippen molar-refractivity contribution in [2.75, 3.05) is 6.54 Å². The number of guanidine groups is 1. The van der Waals surface area contributed by atoms with Crippen molar-refractivity contribution in [2.45, 2.75) is 20.4 Å². The molecule has 4 N–H and O–H groups in total. The van der Waals surface area contributed by atoms with Crippen LogP contribution in [0.1, 0.15) is 28.4 Å². The summed E-state index contributed by atoms with van der Waals surface area (Å²) in [7, 11) is 0.